The number of para-hydroxylation sites is 2. The van der Waals surface area contributed by atoms with Gasteiger partial charge in [-0.1, -0.05) is 44.7 Å². The standard InChI is InChI=1S/C18H20O4/c1-11(12-6-4-8-14(19)16(12)21)10-18(2,3)13-7-5-9-15(20)17(13)22/h4-9,19-22H,1,10H2,2-3H3. The molecule has 0 aromatic heterocycles. The molecule has 2 aromatic carbocycles. The molecule has 0 atom stereocenters. The molecule has 0 saturated heterocycles. The fourth-order valence-corrected chi connectivity index (χ4v) is 2.62. The number of allylic oxidation sites excluding steroid dienone is 1. The SMILES string of the molecule is C=C(CC(C)(C)c1cccc(O)c1O)c1cccc(O)c1O. The van der Waals surface area contributed by atoms with E-state index in [1.807, 2.05) is 13.8 Å². The summed E-state index contributed by atoms with van der Waals surface area (Å²) in [6.07, 6.45) is 0.432. The van der Waals surface area contributed by atoms with Crippen molar-refractivity contribution < 1.29 is 20.4 Å². The van der Waals surface area contributed by atoms with Gasteiger partial charge in [-0.3, -0.25) is 0 Å². The van der Waals surface area contributed by atoms with Gasteiger partial charge in [0.05, 0.1) is 0 Å². The highest BCUT2D eigenvalue weighted by Gasteiger charge is 2.27. The van der Waals surface area contributed by atoms with Gasteiger partial charge in [-0.2, -0.15) is 0 Å². The van der Waals surface area contributed by atoms with Gasteiger partial charge < -0.3 is 20.4 Å². The molecule has 0 aliphatic heterocycles. The average Bonchev–Trinajstić information content (AvgIpc) is 2.44. The lowest BCUT2D eigenvalue weighted by molar-refractivity contribution is 0.385. The van der Waals surface area contributed by atoms with E-state index in [4.69, 9.17) is 0 Å². The van der Waals surface area contributed by atoms with E-state index in [1.54, 1.807) is 24.3 Å². The van der Waals surface area contributed by atoms with Gasteiger partial charge in [-0.05, 0) is 29.5 Å². The van der Waals surface area contributed by atoms with Gasteiger partial charge in [0.15, 0.2) is 23.0 Å². The zero-order valence-electron chi connectivity index (χ0n) is 12.7. The summed E-state index contributed by atoms with van der Waals surface area (Å²) >= 11 is 0. The third-order valence-electron chi connectivity index (χ3n) is 3.79. The molecule has 0 aliphatic carbocycles. The highest BCUT2D eigenvalue weighted by Crippen LogP contribution is 2.43. The first-order chi connectivity index (χ1) is 10.2. The van der Waals surface area contributed by atoms with Crippen molar-refractivity contribution in [2.45, 2.75) is 25.7 Å². The third kappa shape index (κ3) is 2.86. The number of rotatable bonds is 4. The van der Waals surface area contributed by atoms with Gasteiger partial charge in [0.25, 0.3) is 0 Å². The fraction of sp³-hybridized carbons (Fsp3) is 0.222. The van der Waals surface area contributed by atoms with Crippen molar-refractivity contribution in [3.8, 4) is 23.0 Å². The minimum Gasteiger partial charge on any atom is -0.504 e. The first-order valence-corrected chi connectivity index (χ1v) is 6.94. The van der Waals surface area contributed by atoms with Crippen LogP contribution >= 0.6 is 0 Å². The number of phenols is 4. The molecule has 4 heteroatoms. The topological polar surface area (TPSA) is 80.9 Å². The Labute approximate surface area is 129 Å². The average molecular weight is 300 g/mol. The molecule has 4 nitrogen and oxygen atoms in total. The first kappa shape index (κ1) is 15.8. The summed E-state index contributed by atoms with van der Waals surface area (Å²) in [6, 6.07) is 9.54. The second kappa shape index (κ2) is 5.64. The van der Waals surface area contributed by atoms with Crippen LogP contribution in [0.1, 0.15) is 31.4 Å². The van der Waals surface area contributed by atoms with Crippen LogP contribution in [-0.4, -0.2) is 20.4 Å². The maximum Gasteiger partial charge on any atom is 0.165 e. The molecule has 0 spiro atoms. The highest BCUT2D eigenvalue weighted by atomic mass is 16.3. The Hall–Kier alpha value is -2.62. The van der Waals surface area contributed by atoms with E-state index in [2.05, 4.69) is 6.58 Å². The first-order valence-electron chi connectivity index (χ1n) is 6.94. The van der Waals surface area contributed by atoms with Crippen LogP contribution in [0.5, 0.6) is 23.0 Å². The van der Waals surface area contributed by atoms with Gasteiger partial charge in [-0.25, -0.2) is 0 Å². The summed E-state index contributed by atoms with van der Waals surface area (Å²) in [5.74, 6) is -0.725. The smallest absolute Gasteiger partial charge is 0.165 e. The number of benzene rings is 2. The highest BCUT2D eigenvalue weighted by molar-refractivity contribution is 5.72. The Morgan fingerprint density at radius 2 is 1.45 bits per heavy atom. The van der Waals surface area contributed by atoms with Crippen LogP contribution in [0.4, 0.5) is 0 Å². The van der Waals surface area contributed by atoms with E-state index in [0.717, 1.165) is 0 Å². The Morgan fingerprint density at radius 1 is 0.909 bits per heavy atom. The van der Waals surface area contributed by atoms with E-state index in [1.165, 1.54) is 12.1 Å². The minimum atomic E-state index is -0.516. The van der Waals surface area contributed by atoms with E-state index in [-0.39, 0.29) is 23.0 Å². The van der Waals surface area contributed by atoms with E-state index in [0.29, 0.717) is 23.1 Å². The van der Waals surface area contributed by atoms with Crippen LogP contribution in [0, 0.1) is 0 Å². The van der Waals surface area contributed by atoms with Crippen molar-refractivity contribution in [1.82, 2.24) is 0 Å². The Morgan fingerprint density at radius 3 is 2.09 bits per heavy atom. The molecule has 0 heterocycles. The van der Waals surface area contributed by atoms with Crippen molar-refractivity contribution in [3.63, 3.8) is 0 Å². The van der Waals surface area contributed by atoms with Crippen molar-refractivity contribution in [3.05, 3.63) is 54.1 Å². The normalized spacial score (nSPS) is 11.4. The summed E-state index contributed by atoms with van der Waals surface area (Å²) in [5, 5.41) is 39.2. The van der Waals surface area contributed by atoms with Crippen LogP contribution in [0.25, 0.3) is 5.57 Å². The van der Waals surface area contributed by atoms with Crippen LogP contribution < -0.4 is 0 Å². The number of phenolic OH excluding ortho intramolecular Hbond substituents is 4. The fourth-order valence-electron chi connectivity index (χ4n) is 2.62. The molecule has 116 valence electrons. The lowest BCUT2D eigenvalue weighted by Crippen LogP contribution is -2.17. The van der Waals surface area contributed by atoms with Gasteiger partial charge >= 0.3 is 0 Å². The van der Waals surface area contributed by atoms with Crippen molar-refractivity contribution in [1.29, 1.82) is 0 Å². The predicted molar refractivity (Wildman–Crippen MR) is 86.2 cm³/mol. The number of hydrogen-bond donors (Lipinski definition) is 4. The molecule has 2 aromatic rings. The van der Waals surface area contributed by atoms with Gasteiger partial charge in [0.2, 0.25) is 0 Å². The second-order valence-corrected chi connectivity index (χ2v) is 6.01. The monoisotopic (exact) mass is 300 g/mol. The van der Waals surface area contributed by atoms with Crippen molar-refractivity contribution in [2.75, 3.05) is 0 Å². The van der Waals surface area contributed by atoms with Crippen molar-refractivity contribution in [2.24, 2.45) is 0 Å². The number of hydrogen-bond acceptors (Lipinski definition) is 4. The molecule has 4 N–H and O–H groups in total. The lowest BCUT2D eigenvalue weighted by atomic mass is 9.77. The summed E-state index contributed by atoms with van der Waals surface area (Å²) in [4.78, 5) is 0. The van der Waals surface area contributed by atoms with Gasteiger partial charge in [0, 0.05) is 11.1 Å². The molecule has 0 saturated carbocycles. The maximum absolute atomic E-state index is 10.0. The third-order valence-corrected chi connectivity index (χ3v) is 3.79. The van der Waals surface area contributed by atoms with Gasteiger partial charge in [-0.15, -0.1) is 0 Å². The summed E-state index contributed by atoms with van der Waals surface area (Å²) in [6.45, 7) is 7.79. The number of aromatic hydroxyl groups is 4. The quantitative estimate of drug-likeness (QED) is 0.646. The summed E-state index contributed by atoms with van der Waals surface area (Å²) in [7, 11) is 0. The maximum atomic E-state index is 10.0. The Kier molecular flexibility index (Phi) is 4.04. The lowest BCUT2D eigenvalue weighted by Gasteiger charge is -2.27. The van der Waals surface area contributed by atoms with E-state index in [9.17, 15) is 20.4 Å². The molecule has 0 aliphatic rings. The molecular formula is C18H20O4. The van der Waals surface area contributed by atoms with E-state index < -0.39 is 5.41 Å². The minimum absolute atomic E-state index is 0.152. The van der Waals surface area contributed by atoms with E-state index >= 15 is 0 Å². The zero-order chi connectivity index (χ0) is 16.5. The van der Waals surface area contributed by atoms with Crippen LogP contribution in [0.3, 0.4) is 0 Å². The molecule has 0 unspecified atom stereocenters. The summed E-state index contributed by atoms with van der Waals surface area (Å²) in [5.41, 5.74) is 1.17. The Balaban J connectivity index is 2.34. The van der Waals surface area contributed by atoms with Crippen LogP contribution in [0.15, 0.2) is 43.0 Å². The van der Waals surface area contributed by atoms with Crippen LogP contribution in [-0.2, 0) is 5.41 Å². The molecule has 0 bridgehead atoms. The molecule has 22 heavy (non-hydrogen) atoms. The largest absolute Gasteiger partial charge is 0.504 e. The molecule has 2 rings (SSSR count). The molecular weight excluding hydrogens is 280 g/mol. The molecule has 0 fully saturated rings. The predicted octanol–water partition coefficient (Wildman–Crippen LogP) is 3.89. The summed E-state index contributed by atoms with van der Waals surface area (Å²) < 4.78 is 0. The Bertz CT molecular complexity index is 717. The van der Waals surface area contributed by atoms with Crippen molar-refractivity contribution >= 4 is 5.57 Å². The molecule has 0 amide bonds. The van der Waals surface area contributed by atoms with Crippen LogP contribution in [0.2, 0.25) is 0 Å². The zero-order valence-corrected chi connectivity index (χ0v) is 12.7. The molecule has 0 radical (unpaired) electrons. The van der Waals surface area contributed by atoms with Gasteiger partial charge in [0.1, 0.15) is 0 Å². The second-order valence-electron chi connectivity index (χ2n) is 6.01.